The minimum Gasteiger partial charge on any atom is -0.243 e. The van der Waals surface area contributed by atoms with E-state index >= 15 is 0 Å². The number of nitrogens with zero attached hydrogens (tertiary/aromatic N) is 2. The van der Waals surface area contributed by atoms with Crippen LogP contribution in [-0.2, 0) is 5.41 Å². The van der Waals surface area contributed by atoms with Crippen LogP contribution in [-0.4, -0.2) is 10.3 Å². The Morgan fingerprint density at radius 3 is 2.46 bits per heavy atom. The van der Waals surface area contributed by atoms with E-state index in [9.17, 15) is 0 Å². The summed E-state index contributed by atoms with van der Waals surface area (Å²) in [5, 5.41) is 7.56. The number of hydrogen-bond acceptors (Lipinski definition) is 3. The minimum atomic E-state index is 0.146. The van der Waals surface area contributed by atoms with Crippen molar-refractivity contribution in [1.29, 1.82) is 0 Å². The van der Waals surface area contributed by atoms with Crippen LogP contribution in [0.2, 0.25) is 0 Å². The topological polar surface area (TPSA) is 38.9 Å². The molecule has 3 heteroatoms. The zero-order valence-electron chi connectivity index (χ0n) is 8.03. The molecule has 0 saturated carbocycles. The van der Waals surface area contributed by atoms with E-state index in [1.54, 1.807) is 0 Å². The Labute approximate surface area is 76.7 Å². The Kier molecular flexibility index (Phi) is 1.62. The quantitative estimate of drug-likeness (QED) is 0.619. The molecule has 0 aliphatic heterocycles. The number of aromatic nitrogens is 2. The number of hydrogen-bond donors (Lipinski definition) is 0. The highest BCUT2D eigenvalue weighted by molar-refractivity contribution is 5.73. The molecular formula is C10H12N2O. The fraction of sp³-hybridized carbons (Fsp3) is 0.400. The molecule has 0 amide bonds. The van der Waals surface area contributed by atoms with E-state index in [1.165, 1.54) is 5.56 Å². The summed E-state index contributed by atoms with van der Waals surface area (Å²) in [7, 11) is 0. The molecule has 0 radical (unpaired) electrons. The molecule has 1 aromatic heterocycles. The summed E-state index contributed by atoms with van der Waals surface area (Å²) in [5.41, 5.74) is 3.03. The van der Waals surface area contributed by atoms with Crippen LogP contribution < -0.4 is 0 Å². The van der Waals surface area contributed by atoms with Crippen LogP contribution >= 0.6 is 0 Å². The fourth-order valence-electron chi connectivity index (χ4n) is 1.25. The smallest absolute Gasteiger partial charge is 0.135 e. The van der Waals surface area contributed by atoms with Crippen LogP contribution in [0.25, 0.3) is 11.0 Å². The van der Waals surface area contributed by atoms with Gasteiger partial charge in [-0.15, -0.1) is 0 Å². The molecule has 0 unspecified atom stereocenters. The summed E-state index contributed by atoms with van der Waals surface area (Å²) in [6, 6.07) is 6.02. The molecular weight excluding hydrogens is 164 g/mol. The first-order chi connectivity index (χ1) is 6.07. The monoisotopic (exact) mass is 176 g/mol. The van der Waals surface area contributed by atoms with Gasteiger partial charge in [-0.3, -0.25) is 0 Å². The summed E-state index contributed by atoms with van der Waals surface area (Å²) in [4.78, 5) is 0. The highest BCUT2D eigenvalue weighted by Gasteiger charge is 2.14. The van der Waals surface area contributed by atoms with Gasteiger partial charge in [-0.05, 0) is 33.4 Å². The molecule has 1 heterocycles. The summed E-state index contributed by atoms with van der Waals surface area (Å²) < 4.78 is 4.63. The first-order valence-corrected chi connectivity index (χ1v) is 4.30. The predicted molar refractivity (Wildman–Crippen MR) is 50.5 cm³/mol. The van der Waals surface area contributed by atoms with Gasteiger partial charge >= 0.3 is 0 Å². The van der Waals surface area contributed by atoms with Crippen LogP contribution in [0.15, 0.2) is 22.8 Å². The third kappa shape index (κ3) is 1.41. The van der Waals surface area contributed by atoms with Crippen molar-refractivity contribution < 1.29 is 4.63 Å². The molecule has 13 heavy (non-hydrogen) atoms. The molecule has 0 bridgehead atoms. The molecule has 0 spiro atoms. The van der Waals surface area contributed by atoms with Crippen LogP contribution in [0.1, 0.15) is 26.3 Å². The standard InChI is InChI=1S/C10H12N2O/c1-10(2,3)7-4-5-8-9(6-7)12-13-11-8/h4-6H,1-3H3. The van der Waals surface area contributed by atoms with Crippen LogP contribution in [0.3, 0.4) is 0 Å². The Hall–Kier alpha value is -1.38. The van der Waals surface area contributed by atoms with Gasteiger partial charge in [0, 0.05) is 0 Å². The number of benzene rings is 1. The molecule has 0 N–H and O–H groups in total. The fourth-order valence-corrected chi connectivity index (χ4v) is 1.25. The van der Waals surface area contributed by atoms with E-state index in [1.807, 2.05) is 12.1 Å². The molecule has 0 aliphatic rings. The molecule has 3 nitrogen and oxygen atoms in total. The van der Waals surface area contributed by atoms with Gasteiger partial charge in [0.25, 0.3) is 0 Å². The molecule has 0 fully saturated rings. The van der Waals surface area contributed by atoms with Crippen molar-refractivity contribution in [2.75, 3.05) is 0 Å². The Balaban J connectivity index is 2.61. The zero-order chi connectivity index (χ0) is 9.47. The minimum absolute atomic E-state index is 0.146. The van der Waals surface area contributed by atoms with Gasteiger partial charge in [0.05, 0.1) is 0 Å². The van der Waals surface area contributed by atoms with Crippen LogP contribution in [0, 0.1) is 0 Å². The van der Waals surface area contributed by atoms with Crippen molar-refractivity contribution in [3.63, 3.8) is 0 Å². The van der Waals surface area contributed by atoms with Crippen molar-refractivity contribution in [3.05, 3.63) is 23.8 Å². The second kappa shape index (κ2) is 2.55. The lowest BCUT2D eigenvalue weighted by Gasteiger charge is -2.18. The first kappa shape index (κ1) is 8.23. The van der Waals surface area contributed by atoms with E-state index in [2.05, 4.69) is 41.8 Å². The van der Waals surface area contributed by atoms with E-state index in [0.717, 1.165) is 11.0 Å². The Morgan fingerprint density at radius 2 is 1.77 bits per heavy atom. The lowest BCUT2D eigenvalue weighted by atomic mass is 9.87. The zero-order valence-corrected chi connectivity index (χ0v) is 8.03. The van der Waals surface area contributed by atoms with Crippen molar-refractivity contribution in [3.8, 4) is 0 Å². The third-order valence-corrected chi connectivity index (χ3v) is 2.12. The van der Waals surface area contributed by atoms with Crippen LogP contribution in [0.5, 0.6) is 0 Å². The molecule has 0 saturated heterocycles. The second-order valence-corrected chi connectivity index (χ2v) is 4.22. The molecule has 2 rings (SSSR count). The van der Waals surface area contributed by atoms with Crippen LogP contribution in [0.4, 0.5) is 0 Å². The summed E-state index contributed by atoms with van der Waals surface area (Å²) >= 11 is 0. The highest BCUT2D eigenvalue weighted by atomic mass is 16.6. The lowest BCUT2D eigenvalue weighted by Crippen LogP contribution is -2.10. The molecule has 68 valence electrons. The van der Waals surface area contributed by atoms with Crippen molar-refractivity contribution in [1.82, 2.24) is 10.3 Å². The summed E-state index contributed by atoms with van der Waals surface area (Å²) in [6.07, 6.45) is 0. The van der Waals surface area contributed by atoms with Gasteiger partial charge in [0.1, 0.15) is 11.0 Å². The van der Waals surface area contributed by atoms with E-state index < -0.39 is 0 Å². The van der Waals surface area contributed by atoms with Crippen molar-refractivity contribution in [2.24, 2.45) is 0 Å². The Morgan fingerprint density at radius 1 is 1.08 bits per heavy atom. The number of rotatable bonds is 0. The van der Waals surface area contributed by atoms with Gasteiger partial charge in [-0.25, -0.2) is 4.63 Å². The van der Waals surface area contributed by atoms with Gasteiger partial charge in [0.2, 0.25) is 0 Å². The van der Waals surface area contributed by atoms with Gasteiger partial charge < -0.3 is 0 Å². The largest absolute Gasteiger partial charge is 0.243 e. The van der Waals surface area contributed by atoms with Gasteiger partial charge in [-0.2, -0.15) is 0 Å². The maximum absolute atomic E-state index is 4.63. The van der Waals surface area contributed by atoms with E-state index in [-0.39, 0.29) is 5.41 Å². The number of fused-ring (bicyclic) bond motifs is 1. The Bertz CT molecular complexity index is 426. The lowest BCUT2D eigenvalue weighted by molar-refractivity contribution is 0.315. The van der Waals surface area contributed by atoms with Gasteiger partial charge in [-0.1, -0.05) is 26.8 Å². The van der Waals surface area contributed by atoms with Crippen molar-refractivity contribution >= 4 is 11.0 Å². The second-order valence-electron chi connectivity index (χ2n) is 4.22. The maximum Gasteiger partial charge on any atom is 0.135 e. The molecule has 1 aromatic carbocycles. The van der Waals surface area contributed by atoms with Gasteiger partial charge in [0.15, 0.2) is 0 Å². The molecule has 0 aliphatic carbocycles. The predicted octanol–water partition coefficient (Wildman–Crippen LogP) is 2.52. The molecule has 2 aromatic rings. The van der Waals surface area contributed by atoms with Crippen molar-refractivity contribution in [2.45, 2.75) is 26.2 Å². The maximum atomic E-state index is 4.63. The SMILES string of the molecule is CC(C)(C)c1ccc2nonc2c1. The normalized spacial score (nSPS) is 12.2. The average molecular weight is 176 g/mol. The molecule has 0 atom stereocenters. The third-order valence-electron chi connectivity index (χ3n) is 2.12. The summed E-state index contributed by atoms with van der Waals surface area (Å²) in [5.74, 6) is 0. The summed E-state index contributed by atoms with van der Waals surface area (Å²) in [6.45, 7) is 6.50. The van der Waals surface area contributed by atoms with E-state index in [0.29, 0.717) is 0 Å². The average Bonchev–Trinajstić information content (AvgIpc) is 2.47. The van der Waals surface area contributed by atoms with E-state index in [4.69, 9.17) is 0 Å². The first-order valence-electron chi connectivity index (χ1n) is 4.30. The highest BCUT2D eigenvalue weighted by Crippen LogP contribution is 2.24.